The number of carboxylic acid groups (broad SMARTS) is 1. The quantitative estimate of drug-likeness (QED) is 0.631. The number of hydrogen-bond donors (Lipinski definition) is 1. The monoisotopic (exact) mass is 380 g/mol. The molecule has 0 spiro atoms. The molecule has 2 aliphatic heterocycles. The summed E-state index contributed by atoms with van der Waals surface area (Å²) in [6.07, 6.45) is 0. The van der Waals surface area contributed by atoms with E-state index in [1.54, 1.807) is 0 Å². The molecule has 24 heavy (non-hydrogen) atoms. The number of aliphatic carboxylic acids is 1. The maximum absolute atomic E-state index is 12.7. The molecule has 124 valence electrons. The lowest BCUT2D eigenvalue weighted by molar-refractivity contribution is -0.141. The standard InChI is InChI=1S/C15H12N2O4S3/c18-10-8-23-14(16(10)7-11(19)20)12-13(21)17(15(22)24-12)6-9-4-2-1-3-5-9/h1-5H,6-8H2,(H,19,20)/b14-12+. The van der Waals surface area contributed by atoms with E-state index < -0.39 is 12.5 Å². The van der Waals surface area contributed by atoms with E-state index in [0.29, 0.717) is 20.8 Å². The van der Waals surface area contributed by atoms with Gasteiger partial charge >= 0.3 is 5.97 Å². The van der Waals surface area contributed by atoms with Crippen LogP contribution in [-0.4, -0.2) is 49.3 Å². The third-order valence-corrected chi connectivity index (χ3v) is 6.05. The summed E-state index contributed by atoms with van der Waals surface area (Å²) in [7, 11) is 0. The molecule has 0 bridgehead atoms. The molecule has 9 heteroatoms. The lowest BCUT2D eigenvalue weighted by Crippen LogP contribution is -2.32. The number of carboxylic acids is 1. The summed E-state index contributed by atoms with van der Waals surface area (Å²) < 4.78 is 0.404. The van der Waals surface area contributed by atoms with E-state index in [0.717, 1.165) is 22.2 Å². The minimum Gasteiger partial charge on any atom is -0.480 e. The van der Waals surface area contributed by atoms with Gasteiger partial charge in [-0.15, -0.1) is 0 Å². The van der Waals surface area contributed by atoms with Crippen molar-refractivity contribution in [1.29, 1.82) is 0 Å². The molecule has 1 aromatic carbocycles. The fourth-order valence-electron chi connectivity index (χ4n) is 2.31. The first kappa shape index (κ1) is 17.0. The Labute approximate surface area is 151 Å². The normalized spacial score (nSPS) is 21.1. The summed E-state index contributed by atoms with van der Waals surface area (Å²) >= 11 is 7.58. The Balaban J connectivity index is 1.87. The molecule has 6 nitrogen and oxygen atoms in total. The summed E-state index contributed by atoms with van der Waals surface area (Å²) in [5.74, 6) is -1.60. The van der Waals surface area contributed by atoms with Gasteiger partial charge in [-0.3, -0.25) is 24.2 Å². The molecule has 0 radical (unpaired) electrons. The Morgan fingerprint density at radius 2 is 1.92 bits per heavy atom. The number of carbonyl (C=O) groups is 3. The van der Waals surface area contributed by atoms with Crippen molar-refractivity contribution in [2.75, 3.05) is 12.3 Å². The highest BCUT2D eigenvalue weighted by molar-refractivity contribution is 8.27. The van der Waals surface area contributed by atoms with E-state index in [-0.39, 0.29) is 17.6 Å². The molecule has 3 rings (SSSR count). The van der Waals surface area contributed by atoms with Gasteiger partial charge in [0.15, 0.2) is 0 Å². The first-order valence-electron chi connectivity index (χ1n) is 6.94. The van der Waals surface area contributed by atoms with Crippen LogP contribution in [-0.2, 0) is 20.9 Å². The fraction of sp³-hybridized carbons (Fsp3) is 0.200. The minimum absolute atomic E-state index is 0.130. The fourth-order valence-corrected chi connectivity index (χ4v) is 4.79. The van der Waals surface area contributed by atoms with Crippen molar-refractivity contribution in [3.63, 3.8) is 0 Å². The first-order chi connectivity index (χ1) is 11.5. The Morgan fingerprint density at radius 3 is 2.58 bits per heavy atom. The Bertz CT molecular complexity index is 763. The molecule has 2 heterocycles. The smallest absolute Gasteiger partial charge is 0.323 e. The number of hydrogen-bond acceptors (Lipinski definition) is 6. The van der Waals surface area contributed by atoms with E-state index in [9.17, 15) is 14.4 Å². The molecular formula is C15H12N2O4S3. The number of nitrogens with zero attached hydrogens (tertiary/aromatic N) is 2. The molecule has 2 amide bonds. The van der Waals surface area contributed by atoms with Gasteiger partial charge in [0.05, 0.1) is 17.3 Å². The molecule has 0 aromatic heterocycles. The molecule has 2 saturated heterocycles. The van der Waals surface area contributed by atoms with E-state index in [4.69, 9.17) is 17.3 Å². The van der Waals surface area contributed by atoms with Gasteiger partial charge in [0.25, 0.3) is 5.91 Å². The second kappa shape index (κ2) is 6.96. The predicted octanol–water partition coefficient (Wildman–Crippen LogP) is 1.88. The van der Waals surface area contributed by atoms with Crippen LogP contribution in [0.3, 0.4) is 0 Å². The largest absolute Gasteiger partial charge is 0.480 e. The third-order valence-electron chi connectivity index (χ3n) is 3.40. The van der Waals surface area contributed by atoms with Crippen molar-refractivity contribution in [2.24, 2.45) is 0 Å². The number of amides is 2. The zero-order valence-electron chi connectivity index (χ0n) is 12.3. The highest BCUT2D eigenvalue weighted by Crippen LogP contribution is 2.41. The molecule has 0 atom stereocenters. The Hall–Kier alpha value is -1.84. The van der Waals surface area contributed by atoms with Crippen molar-refractivity contribution in [3.8, 4) is 0 Å². The van der Waals surface area contributed by atoms with Crippen molar-refractivity contribution in [3.05, 3.63) is 45.8 Å². The number of thioether (sulfide) groups is 2. The highest BCUT2D eigenvalue weighted by atomic mass is 32.2. The van der Waals surface area contributed by atoms with Gasteiger partial charge in [0.1, 0.15) is 15.8 Å². The van der Waals surface area contributed by atoms with Gasteiger partial charge in [0, 0.05) is 0 Å². The lowest BCUT2D eigenvalue weighted by atomic mass is 10.2. The molecule has 0 aliphatic carbocycles. The number of carbonyl (C=O) groups excluding carboxylic acids is 2. The van der Waals surface area contributed by atoms with E-state index in [2.05, 4.69) is 0 Å². The topological polar surface area (TPSA) is 77.9 Å². The SMILES string of the molecule is O=C(O)CN1C(=O)CS/C1=C1/SC(=S)N(Cc2ccccc2)C1=O. The van der Waals surface area contributed by atoms with Crippen molar-refractivity contribution in [1.82, 2.24) is 9.80 Å². The van der Waals surface area contributed by atoms with E-state index in [1.165, 1.54) is 16.7 Å². The van der Waals surface area contributed by atoms with Crippen LogP contribution in [0.2, 0.25) is 0 Å². The summed E-state index contributed by atoms with van der Waals surface area (Å²) in [5.41, 5.74) is 0.942. The molecule has 1 N–H and O–H groups in total. The van der Waals surface area contributed by atoms with Crippen molar-refractivity contribution < 1.29 is 19.5 Å². The molecule has 1 aromatic rings. The van der Waals surface area contributed by atoms with Crippen LogP contribution in [0.25, 0.3) is 0 Å². The van der Waals surface area contributed by atoms with Gasteiger partial charge in [-0.1, -0.05) is 66.1 Å². The average Bonchev–Trinajstić information content (AvgIpc) is 3.03. The average molecular weight is 380 g/mol. The van der Waals surface area contributed by atoms with Crippen molar-refractivity contribution >= 4 is 57.8 Å². The van der Waals surface area contributed by atoms with Gasteiger partial charge in [-0.05, 0) is 5.56 Å². The second-order valence-electron chi connectivity index (χ2n) is 5.04. The molecular weight excluding hydrogens is 368 g/mol. The Kier molecular flexibility index (Phi) is 4.93. The third kappa shape index (κ3) is 3.33. The summed E-state index contributed by atoms with van der Waals surface area (Å²) in [6, 6.07) is 9.45. The van der Waals surface area contributed by atoms with Gasteiger partial charge in [0.2, 0.25) is 5.91 Å². The lowest BCUT2D eigenvalue weighted by Gasteiger charge is -2.16. The number of thiocarbonyl (C=S) groups is 1. The highest BCUT2D eigenvalue weighted by Gasteiger charge is 2.40. The molecule has 2 fully saturated rings. The van der Waals surface area contributed by atoms with Crippen LogP contribution in [0, 0.1) is 0 Å². The summed E-state index contributed by atoms with van der Waals surface area (Å²) in [5, 5.41) is 9.35. The Morgan fingerprint density at radius 1 is 1.21 bits per heavy atom. The van der Waals surface area contributed by atoms with Crippen LogP contribution in [0.4, 0.5) is 0 Å². The van der Waals surface area contributed by atoms with Crippen LogP contribution >= 0.6 is 35.7 Å². The van der Waals surface area contributed by atoms with Gasteiger partial charge in [-0.2, -0.15) is 0 Å². The van der Waals surface area contributed by atoms with Gasteiger partial charge < -0.3 is 5.11 Å². The zero-order valence-corrected chi connectivity index (χ0v) is 14.7. The second-order valence-corrected chi connectivity index (χ2v) is 7.65. The van der Waals surface area contributed by atoms with Crippen LogP contribution in [0.1, 0.15) is 5.56 Å². The van der Waals surface area contributed by atoms with E-state index >= 15 is 0 Å². The first-order valence-corrected chi connectivity index (χ1v) is 9.15. The number of rotatable bonds is 4. The van der Waals surface area contributed by atoms with Crippen molar-refractivity contribution in [2.45, 2.75) is 6.54 Å². The summed E-state index contributed by atoms with van der Waals surface area (Å²) in [6.45, 7) is -0.107. The number of benzene rings is 1. The van der Waals surface area contributed by atoms with Gasteiger partial charge in [-0.25, -0.2) is 0 Å². The van der Waals surface area contributed by atoms with E-state index in [1.807, 2.05) is 30.3 Å². The van der Waals surface area contributed by atoms with Crippen LogP contribution < -0.4 is 0 Å². The predicted molar refractivity (Wildman–Crippen MR) is 96.0 cm³/mol. The van der Waals surface area contributed by atoms with Crippen LogP contribution in [0.15, 0.2) is 40.3 Å². The van der Waals surface area contributed by atoms with Crippen LogP contribution in [0.5, 0.6) is 0 Å². The zero-order chi connectivity index (χ0) is 17.3. The maximum atomic E-state index is 12.7. The molecule has 0 unspecified atom stereocenters. The molecule has 2 aliphatic rings. The summed E-state index contributed by atoms with van der Waals surface area (Å²) in [4.78, 5) is 38.5. The molecule has 0 saturated carbocycles. The maximum Gasteiger partial charge on any atom is 0.323 e. The minimum atomic E-state index is -1.12.